The van der Waals surface area contributed by atoms with E-state index in [1.807, 2.05) is 6.92 Å². The lowest BCUT2D eigenvalue weighted by atomic mass is 9.77. The Bertz CT molecular complexity index is 1100. The molecule has 0 saturated heterocycles. The van der Waals surface area contributed by atoms with E-state index in [-0.39, 0.29) is 5.41 Å². The van der Waals surface area contributed by atoms with Gasteiger partial charge in [-0.15, -0.1) is 0 Å². The molecule has 3 aromatic rings. The first-order chi connectivity index (χ1) is 12.4. The Labute approximate surface area is 155 Å². The van der Waals surface area contributed by atoms with E-state index in [1.165, 1.54) is 39.1 Å². The monoisotopic (exact) mass is 339 g/mol. The van der Waals surface area contributed by atoms with E-state index in [1.54, 1.807) is 0 Å². The number of aryl methyl sites for hydroxylation is 3. The molecule has 1 aliphatic carbocycles. The summed E-state index contributed by atoms with van der Waals surface area (Å²) in [5, 5.41) is 0. The minimum atomic E-state index is -0.208. The number of pyridine rings is 1. The zero-order valence-electron chi connectivity index (χ0n) is 16.0. The smallest absolute Gasteiger partial charge is 0.212 e. The average molecular weight is 339 g/mol. The topological polar surface area (TPSA) is 8.24 Å². The third-order valence-electron chi connectivity index (χ3n) is 5.76. The van der Waals surface area contributed by atoms with Crippen molar-refractivity contribution >= 4 is 5.69 Å². The summed E-state index contributed by atoms with van der Waals surface area (Å²) < 4.78 is 2.18. The molecule has 0 unspecified atom stereocenters. The third kappa shape index (κ3) is 2.07. The summed E-state index contributed by atoms with van der Waals surface area (Å²) in [7, 11) is 2.10. The number of hydrogen-bond acceptors (Lipinski definition) is 0. The van der Waals surface area contributed by atoms with Crippen molar-refractivity contribution in [3.05, 3.63) is 82.3 Å². The molecule has 0 amide bonds. The second kappa shape index (κ2) is 5.54. The summed E-state index contributed by atoms with van der Waals surface area (Å²) in [6, 6.07) is 15.1. The highest BCUT2D eigenvalue weighted by atomic mass is 14.9. The van der Waals surface area contributed by atoms with Crippen molar-refractivity contribution in [2.75, 3.05) is 0 Å². The van der Waals surface area contributed by atoms with Crippen molar-refractivity contribution in [1.29, 1.82) is 0 Å². The molecular formula is C24H23N2+. The molecule has 0 radical (unpaired) electrons. The molecule has 1 aliphatic rings. The van der Waals surface area contributed by atoms with Crippen molar-refractivity contribution in [2.45, 2.75) is 33.1 Å². The number of nitrogens with zero attached hydrogens (tertiary/aromatic N) is 2. The molecule has 0 saturated carbocycles. The van der Waals surface area contributed by atoms with Gasteiger partial charge in [-0.25, -0.2) is 9.41 Å². The number of fused-ring (bicyclic) bond motifs is 3. The number of benzene rings is 2. The SMILES string of the molecule is [C-]#[N+]c1c(C)ccc2c1C(C)(C)c1c-2ccc(C)c1-c1cccc[n+]1C. The van der Waals surface area contributed by atoms with Crippen LogP contribution in [0, 0.1) is 20.4 Å². The van der Waals surface area contributed by atoms with Gasteiger partial charge in [-0.3, -0.25) is 0 Å². The van der Waals surface area contributed by atoms with Crippen LogP contribution in [-0.2, 0) is 12.5 Å². The van der Waals surface area contributed by atoms with Gasteiger partial charge >= 0.3 is 0 Å². The van der Waals surface area contributed by atoms with Crippen molar-refractivity contribution in [3.8, 4) is 22.4 Å². The molecule has 4 rings (SSSR count). The fraction of sp³-hybridized carbons (Fsp3) is 0.250. The highest BCUT2D eigenvalue weighted by Gasteiger charge is 2.41. The van der Waals surface area contributed by atoms with Crippen molar-refractivity contribution in [3.63, 3.8) is 0 Å². The zero-order valence-corrected chi connectivity index (χ0v) is 16.0. The van der Waals surface area contributed by atoms with E-state index in [2.05, 4.69) is 85.9 Å². The van der Waals surface area contributed by atoms with Crippen LogP contribution in [-0.4, -0.2) is 0 Å². The van der Waals surface area contributed by atoms with Gasteiger partial charge in [0.1, 0.15) is 7.05 Å². The third-order valence-corrected chi connectivity index (χ3v) is 5.76. The predicted molar refractivity (Wildman–Crippen MR) is 106 cm³/mol. The quantitative estimate of drug-likeness (QED) is 0.400. The highest BCUT2D eigenvalue weighted by Crippen LogP contribution is 2.56. The number of aromatic nitrogens is 1. The molecule has 128 valence electrons. The predicted octanol–water partition coefficient (Wildman–Crippen LogP) is 5.65. The van der Waals surface area contributed by atoms with Crippen molar-refractivity contribution < 1.29 is 4.57 Å². The Hall–Kier alpha value is -2.92. The summed E-state index contributed by atoms with van der Waals surface area (Å²) in [6.07, 6.45) is 2.10. The molecule has 0 aliphatic heterocycles. The van der Waals surface area contributed by atoms with Crippen molar-refractivity contribution in [2.24, 2.45) is 7.05 Å². The zero-order chi connectivity index (χ0) is 18.6. The Morgan fingerprint density at radius 2 is 1.54 bits per heavy atom. The van der Waals surface area contributed by atoms with Crippen LogP contribution >= 0.6 is 0 Å². The van der Waals surface area contributed by atoms with Crippen LogP contribution in [0.25, 0.3) is 27.2 Å². The molecular weight excluding hydrogens is 316 g/mol. The Morgan fingerprint density at radius 3 is 2.19 bits per heavy atom. The first kappa shape index (κ1) is 16.5. The van der Waals surface area contributed by atoms with Crippen LogP contribution in [0.3, 0.4) is 0 Å². The second-order valence-electron chi connectivity index (χ2n) is 7.77. The van der Waals surface area contributed by atoms with Crippen LogP contribution in [0.2, 0.25) is 0 Å². The Balaban J connectivity index is 2.14. The normalized spacial score (nSPS) is 13.8. The Kier molecular flexibility index (Phi) is 3.53. The molecule has 26 heavy (non-hydrogen) atoms. The van der Waals surface area contributed by atoms with Gasteiger partial charge < -0.3 is 0 Å². The summed E-state index contributed by atoms with van der Waals surface area (Å²) in [6.45, 7) is 16.5. The lowest BCUT2D eigenvalue weighted by Gasteiger charge is -2.26. The van der Waals surface area contributed by atoms with Gasteiger partial charge in [-0.1, -0.05) is 38.1 Å². The first-order valence-corrected chi connectivity index (χ1v) is 8.99. The first-order valence-electron chi connectivity index (χ1n) is 8.99. The molecule has 2 heteroatoms. The number of rotatable bonds is 1. The fourth-order valence-electron chi connectivity index (χ4n) is 4.52. The minimum absolute atomic E-state index is 0.208. The molecule has 1 heterocycles. The highest BCUT2D eigenvalue weighted by molar-refractivity contribution is 5.92. The lowest BCUT2D eigenvalue weighted by Crippen LogP contribution is -2.31. The van der Waals surface area contributed by atoms with Gasteiger partial charge in [-0.2, -0.15) is 0 Å². The van der Waals surface area contributed by atoms with E-state index >= 15 is 0 Å². The van der Waals surface area contributed by atoms with E-state index < -0.39 is 0 Å². The molecule has 2 nitrogen and oxygen atoms in total. The second-order valence-corrected chi connectivity index (χ2v) is 7.77. The number of hydrogen-bond donors (Lipinski definition) is 0. The largest absolute Gasteiger partial charge is 0.238 e. The van der Waals surface area contributed by atoms with Crippen LogP contribution in [0.15, 0.2) is 48.7 Å². The molecule has 0 N–H and O–H groups in total. The molecule has 0 atom stereocenters. The van der Waals surface area contributed by atoms with Gasteiger partial charge in [0.25, 0.3) is 0 Å². The average Bonchev–Trinajstić information content (AvgIpc) is 2.84. The van der Waals surface area contributed by atoms with Gasteiger partial charge in [-0.05, 0) is 53.3 Å². The maximum atomic E-state index is 7.75. The molecule has 0 spiro atoms. The maximum Gasteiger partial charge on any atom is 0.212 e. The van der Waals surface area contributed by atoms with E-state index in [0.717, 1.165) is 11.3 Å². The van der Waals surface area contributed by atoms with E-state index in [9.17, 15) is 0 Å². The molecule has 0 fully saturated rings. The van der Waals surface area contributed by atoms with E-state index in [0.29, 0.717) is 0 Å². The van der Waals surface area contributed by atoms with Gasteiger partial charge in [0.2, 0.25) is 5.69 Å². The summed E-state index contributed by atoms with van der Waals surface area (Å²) in [5.41, 5.74) is 10.4. The van der Waals surface area contributed by atoms with Gasteiger partial charge in [0.05, 0.1) is 12.1 Å². The molecule has 0 bridgehead atoms. The molecule has 1 aromatic heterocycles. The van der Waals surface area contributed by atoms with Crippen LogP contribution in [0.1, 0.15) is 36.1 Å². The summed E-state index contributed by atoms with van der Waals surface area (Å²) >= 11 is 0. The van der Waals surface area contributed by atoms with Gasteiger partial charge in [0, 0.05) is 17.5 Å². The lowest BCUT2D eigenvalue weighted by molar-refractivity contribution is -0.660. The van der Waals surface area contributed by atoms with E-state index in [4.69, 9.17) is 6.57 Å². The summed E-state index contributed by atoms with van der Waals surface area (Å²) in [5.74, 6) is 0. The maximum absolute atomic E-state index is 7.75. The summed E-state index contributed by atoms with van der Waals surface area (Å²) in [4.78, 5) is 3.91. The fourth-order valence-corrected chi connectivity index (χ4v) is 4.52. The van der Waals surface area contributed by atoms with Crippen LogP contribution in [0.4, 0.5) is 5.69 Å². The van der Waals surface area contributed by atoms with Crippen LogP contribution in [0.5, 0.6) is 0 Å². The minimum Gasteiger partial charge on any atom is -0.238 e. The van der Waals surface area contributed by atoms with Gasteiger partial charge in [0.15, 0.2) is 11.9 Å². The standard InChI is InChI=1S/C24H23N2/c1-15-10-12-17-18-13-11-16(2)23(25-5)22(18)24(3,4)21(17)20(15)19-9-7-8-14-26(19)6/h7-14H,1-4,6H3/q+1. The van der Waals surface area contributed by atoms with Crippen molar-refractivity contribution in [1.82, 2.24) is 0 Å². The molecule has 2 aromatic carbocycles. The van der Waals surface area contributed by atoms with Crippen LogP contribution < -0.4 is 4.57 Å². The Morgan fingerprint density at radius 1 is 0.885 bits per heavy atom.